The van der Waals surface area contributed by atoms with Gasteiger partial charge in [0.2, 0.25) is 0 Å². The highest BCUT2D eigenvalue weighted by atomic mass is 79.9. The number of ether oxygens (including phenoxy) is 1. The van der Waals surface area contributed by atoms with Gasteiger partial charge < -0.3 is 15.2 Å². The van der Waals surface area contributed by atoms with Gasteiger partial charge in [0.15, 0.2) is 0 Å². The number of rotatable bonds is 4. The van der Waals surface area contributed by atoms with Crippen LogP contribution < -0.4 is 10.1 Å². The second-order valence-electron chi connectivity index (χ2n) is 3.86. The monoisotopic (exact) mass is 301 g/mol. The van der Waals surface area contributed by atoms with E-state index in [1.807, 2.05) is 13.0 Å². The fraction of sp³-hybridized carbons (Fsp3) is 0.417. The zero-order valence-corrected chi connectivity index (χ0v) is 11.7. The number of benzene rings is 1. The number of carbonyl (C=O) groups is 1. The van der Waals surface area contributed by atoms with E-state index in [1.165, 1.54) is 7.11 Å². The van der Waals surface area contributed by atoms with Crippen molar-refractivity contribution in [3.8, 4) is 5.75 Å². The third-order valence-corrected chi connectivity index (χ3v) is 2.80. The quantitative estimate of drug-likeness (QED) is 0.893. The maximum absolute atomic E-state index is 12.0. The molecular formula is C12H16BrNO3. The smallest absolute Gasteiger partial charge is 0.255 e. The zero-order chi connectivity index (χ0) is 13.0. The molecular weight excluding hydrogens is 286 g/mol. The summed E-state index contributed by atoms with van der Waals surface area (Å²) in [6, 6.07) is 3.29. The Kier molecular flexibility index (Phi) is 4.96. The summed E-state index contributed by atoms with van der Waals surface area (Å²) in [5, 5.41) is 11.6. The molecule has 1 aromatic carbocycles. The molecule has 0 spiro atoms. The molecule has 0 aliphatic rings. The Bertz CT molecular complexity index is 420. The molecule has 1 amide bonds. The second kappa shape index (κ2) is 6.02. The molecule has 0 fully saturated rings. The third kappa shape index (κ3) is 3.44. The van der Waals surface area contributed by atoms with Crippen LogP contribution in [0, 0.1) is 6.92 Å². The van der Waals surface area contributed by atoms with Crippen LogP contribution in [0.2, 0.25) is 0 Å². The number of aliphatic hydroxyl groups is 1. The summed E-state index contributed by atoms with van der Waals surface area (Å²) in [7, 11) is 1.53. The van der Waals surface area contributed by atoms with E-state index in [-0.39, 0.29) is 18.6 Å². The summed E-state index contributed by atoms with van der Waals surface area (Å²) in [4.78, 5) is 12.0. The minimum absolute atomic E-state index is 0.0962. The molecule has 0 heterocycles. The van der Waals surface area contributed by atoms with Gasteiger partial charge in [-0.2, -0.15) is 0 Å². The molecule has 0 radical (unpaired) electrons. The number of aliphatic hydroxyl groups excluding tert-OH is 1. The lowest BCUT2D eigenvalue weighted by atomic mass is 10.1. The number of halogens is 1. The lowest BCUT2D eigenvalue weighted by Gasteiger charge is -2.15. The van der Waals surface area contributed by atoms with Crippen molar-refractivity contribution in [2.75, 3.05) is 13.7 Å². The van der Waals surface area contributed by atoms with Crippen LogP contribution >= 0.6 is 15.9 Å². The van der Waals surface area contributed by atoms with Crippen LogP contribution in [0.5, 0.6) is 5.75 Å². The maximum Gasteiger partial charge on any atom is 0.255 e. The number of aryl methyl sites for hydroxylation is 1. The van der Waals surface area contributed by atoms with Crippen LogP contribution in [0.4, 0.5) is 0 Å². The molecule has 2 N–H and O–H groups in total. The minimum atomic E-state index is -0.286. The van der Waals surface area contributed by atoms with Gasteiger partial charge in [-0.1, -0.05) is 15.9 Å². The fourth-order valence-corrected chi connectivity index (χ4v) is 2.09. The van der Waals surface area contributed by atoms with Gasteiger partial charge >= 0.3 is 0 Å². The standard InChI is InChI=1S/C12H16BrNO3/c1-7-4-9(13)5-10(11(7)17-3)12(16)14-8(2)6-15/h4-5,8,15H,6H2,1-3H3,(H,14,16). The lowest BCUT2D eigenvalue weighted by molar-refractivity contribution is 0.0919. The van der Waals surface area contributed by atoms with Crippen molar-refractivity contribution in [2.24, 2.45) is 0 Å². The summed E-state index contributed by atoms with van der Waals surface area (Å²) in [5.41, 5.74) is 1.34. The summed E-state index contributed by atoms with van der Waals surface area (Å²) in [6.45, 7) is 3.51. The van der Waals surface area contributed by atoms with Gasteiger partial charge in [0, 0.05) is 10.5 Å². The van der Waals surface area contributed by atoms with Gasteiger partial charge in [0.05, 0.1) is 19.3 Å². The Hall–Kier alpha value is -1.07. The topological polar surface area (TPSA) is 58.6 Å². The minimum Gasteiger partial charge on any atom is -0.496 e. The normalized spacial score (nSPS) is 12.1. The molecule has 0 saturated carbocycles. The Morgan fingerprint density at radius 3 is 2.76 bits per heavy atom. The highest BCUT2D eigenvalue weighted by Gasteiger charge is 2.16. The zero-order valence-electron chi connectivity index (χ0n) is 10.1. The number of hydrogen-bond donors (Lipinski definition) is 2. The second-order valence-corrected chi connectivity index (χ2v) is 4.78. The van der Waals surface area contributed by atoms with Gasteiger partial charge in [0.1, 0.15) is 5.75 Å². The van der Waals surface area contributed by atoms with Crippen molar-refractivity contribution < 1.29 is 14.6 Å². The number of carbonyl (C=O) groups excluding carboxylic acids is 1. The first-order valence-electron chi connectivity index (χ1n) is 5.25. The van der Waals surface area contributed by atoms with Crippen molar-refractivity contribution >= 4 is 21.8 Å². The van der Waals surface area contributed by atoms with Gasteiger partial charge in [0.25, 0.3) is 5.91 Å². The summed E-state index contributed by atoms with van der Waals surface area (Å²) >= 11 is 3.34. The van der Waals surface area contributed by atoms with E-state index in [1.54, 1.807) is 13.0 Å². The number of nitrogens with one attached hydrogen (secondary N) is 1. The van der Waals surface area contributed by atoms with Gasteiger partial charge in [-0.05, 0) is 31.5 Å². The van der Waals surface area contributed by atoms with Gasteiger partial charge in [-0.3, -0.25) is 4.79 Å². The number of hydrogen-bond acceptors (Lipinski definition) is 3. The van der Waals surface area contributed by atoms with Crippen LogP contribution in [0.25, 0.3) is 0 Å². The highest BCUT2D eigenvalue weighted by molar-refractivity contribution is 9.10. The van der Waals surface area contributed by atoms with Crippen molar-refractivity contribution in [2.45, 2.75) is 19.9 Å². The van der Waals surface area contributed by atoms with Crippen LogP contribution in [0.15, 0.2) is 16.6 Å². The Morgan fingerprint density at radius 1 is 1.59 bits per heavy atom. The van der Waals surface area contributed by atoms with Crippen LogP contribution in [0.1, 0.15) is 22.8 Å². The molecule has 5 heteroatoms. The largest absolute Gasteiger partial charge is 0.496 e. The molecule has 1 aromatic rings. The molecule has 0 aliphatic heterocycles. The van der Waals surface area contributed by atoms with E-state index in [9.17, 15) is 4.79 Å². The van der Waals surface area contributed by atoms with E-state index in [0.29, 0.717) is 11.3 Å². The van der Waals surface area contributed by atoms with Crippen LogP contribution in [-0.4, -0.2) is 30.8 Å². The Labute approximate surface area is 109 Å². The average Bonchev–Trinajstić information content (AvgIpc) is 2.27. The first-order valence-corrected chi connectivity index (χ1v) is 6.04. The van der Waals surface area contributed by atoms with Crippen molar-refractivity contribution in [3.05, 3.63) is 27.7 Å². The molecule has 0 saturated heterocycles. The third-order valence-electron chi connectivity index (χ3n) is 2.34. The highest BCUT2D eigenvalue weighted by Crippen LogP contribution is 2.27. The van der Waals surface area contributed by atoms with E-state index < -0.39 is 0 Å². The predicted octanol–water partition coefficient (Wildman–Crippen LogP) is 1.88. The number of amides is 1. The lowest BCUT2D eigenvalue weighted by Crippen LogP contribution is -2.35. The van der Waals surface area contributed by atoms with Crippen molar-refractivity contribution in [1.29, 1.82) is 0 Å². The van der Waals surface area contributed by atoms with E-state index in [4.69, 9.17) is 9.84 Å². The van der Waals surface area contributed by atoms with Crippen molar-refractivity contribution in [3.63, 3.8) is 0 Å². The first-order chi connectivity index (χ1) is 7.99. The molecule has 0 aliphatic carbocycles. The summed E-state index contributed by atoms with van der Waals surface area (Å²) in [5.74, 6) is 0.295. The molecule has 94 valence electrons. The SMILES string of the molecule is COc1c(C)cc(Br)cc1C(=O)NC(C)CO. The van der Waals surface area contributed by atoms with Gasteiger partial charge in [-0.25, -0.2) is 0 Å². The molecule has 1 unspecified atom stereocenters. The summed E-state index contributed by atoms with van der Waals surface area (Å²) in [6.07, 6.45) is 0. The number of methoxy groups -OCH3 is 1. The van der Waals surface area contributed by atoms with E-state index in [2.05, 4.69) is 21.2 Å². The Balaban J connectivity index is 3.07. The molecule has 1 atom stereocenters. The van der Waals surface area contributed by atoms with Crippen molar-refractivity contribution in [1.82, 2.24) is 5.32 Å². The fourth-order valence-electron chi connectivity index (χ4n) is 1.52. The molecule has 17 heavy (non-hydrogen) atoms. The van der Waals surface area contributed by atoms with Crippen LogP contribution in [-0.2, 0) is 0 Å². The summed E-state index contributed by atoms with van der Waals surface area (Å²) < 4.78 is 6.04. The Morgan fingerprint density at radius 2 is 2.24 bits per heavy atom. The first kappa shape index (κ1) is 14.0. The van der Waals surface area contributed by atoms with Gasteiger partial charge in [-0.15, -0.1) is 0 Å². The predicted molar refractivity (Wildman–Crippen MR) is 69.4 cm³/mol. The molecule has 0 aromatic heterocycles. The van der Waals surface area contributed by atoms with Crippen LogP contribution in [0.3, 0.4) is 0 Å². The molecule has 1 rings (SSSR count). The van der Waals surface area contributed by atoms with E-state index >= 15 is 0 Å². The maximum atomic E-state index is 12.0. The average molecular weight is 302 g/mol. The van der Waals surface area contributed by atoms with E-state index in [0.717, 1.165) is 10.0 Å². The molecule has 4 nitrogen and oxygen atoms in total. The molecule has 0 bridgehead atoms.